The number of ether oxygens (including phenoxy) is 1. The van der Waals surface area contributed by atoms with E-state index in [1.165, 1.54) is 17.7 Å². The molecule has 2 aromatic carbocycles. The molecule has 1 saturated heterocycles. The lowest BCUT2D eigenvalue weighted by atomic mass is 10.2. The van der Waals surface area contributed by atoms with Crippen molar-refractivity contribution in [3.05, 3.63) is 65.5 Å². The fourth-order valence-corrected chi connectivity index (χ4v) is 3.20. The van der Waals surface area contributed by atoms with E-state index in [4.69, 9.17) is 4.74 Å². The van der Waals surface area contributed by atoms with Gasteiger partial charge in [0.2, 0.25) is 0 Å². The molecule has 26 heavy (non-hydrogen) atoms. The van der Waals surface area contributed by atoms with Crippen LogP contribution in [0, 0.1) is 12.7 Å². The molecule has 0 atom stereocenters. The predicted molar refractivity (Wildman–Crippen MR) is 100 cm³/mol. The molecule has 0 aromatic heterocycles. The second-order valence-electron chi connectivity index (χ2n) is 6.66. The highest BCUT2D eigenvalue weighted by molar-refractivity contribution is 5.94. The van der Waals surface area contributed by atoms with Crippen LogP contribution in [-0.2, 0) is 0 Å². The Morgan fingerprint density at radius 2 is 1.92 bits per heavy atom. The minimum absolute atomic E-state index is 0.0950. The highest BCUT2D eigenvalue weighted by Crippen LogP contribution is 2.13. The Kier molecular flexibility index (Phi) is 6.23. The first-order chi connectivity index (χ1) is 12.6. The molecule has 0 unspecified atom stereocenters. The van der Waals surface area contributed by atoms with Gasteiger partial charge in [0.05, 0.1) is 0 Å². The minimum Gasteiger partial charge on any atom is -0.492 e. The standard InChI is InChI=1S/C21H25FN2O2/c1-17-5-2-8-20(15-17)26-14-13-23-9-4-10-24(12-11-23)21(25)18-6-3-7-19(22)16-18/h2-3,5-8,15-16H,4,9-14H2,1H3. The largest absolute Gasteiger partial charge is 0.492 e. The van der Waals surface area contributed by atoms with E-state index in [0.717, 1.165) is 31.8 Å². The first-order valence-electron chi connectivity index (χ1n) is 9.08. The monoisotopic (exact) mass is 356 g/mol. The van der Waals surface area contributed by atoms with Crippen LogP contribution in [0.1, 0.15) is 22.3 Å². The molecule has 1 aliphatic heterocycles. The lowest BCUT2D eigenvalue weighted by molar-refractivity contribution is 0.0760. The Morgan fingerprint density at radius 1 is 1.08 bits per heavy atom. The zero-order chi connectivity index (χ0) is 18.4. The number of hydrogen-bond acceptors (Lipinski definition) is 3. The maximum Gasteiger partial charge on any atom is 0.254 e. The van der Waals surface area contributed by atoms with E-state index in [1.807, 2.05) is 36.1 Å². The average molecular weight is 356 g/mol. The van der Waals surface area contributed by atoms with E-state index in [0.29, 0.717) is 25.3 Å². The topological polar surface area (TPSA) is 32.8 Å². The lowest BCUT2D eigenvalue weighted by Crippen LogP contribution is -2.36. The highest BCUT2D eigenvalue weighted by Gasteiger charge is 2.20. The number of halogens is 1. The molecule has 1 heterocycles. The molecule has 5 heteroatoms. The van der Waals surface area contributed by atoms with E-state index >= 15 is 0 Å². The summed E-state index contributed by atoms with van der Waals surface area (Å²) < 4.78 is 19.2. The number of rotatable bonds is 5. The third-order valence-corrected chi connectivity index (χ3v) is 4.61. The van der Waals surface area contributed by atoms with Gasteiger partial charge in [-0.2, -0.15) is 0 Å². The van der Waals surface area contributed by atoms with Gasteiger partial charge in [0, 0.05) is 38.3 Å². The van der Waals surface area contributed by atoms with Gasteiger partial charge in [0.1, 0.15) is 18.2 Å². The molecule has 0 spiro atoms. The van der Waals surface area contributed by atoms with Crippen LogP contribution in [0.25, 0.3) is 0 Å². The maximum absolute atomic E-state index is 13.3. The van der Waals surface area contributed by atoms with Gasteiger partial charge >= 0.3 is 0 Å². The SMILES string of the molecule is Cc1cccc(OCCN2CCCN(C(=O)c3cccc(F)c3)CC2)c1. The van der Waals surface area contributed by atoms with Crippen molar-refractivity contribution in [1.29, 1.82) is 0 Å². The molecule has 1 amide bonds. The van der Waals surface area contributed by atoms with Crippen LogP contribution < -0.4 is 4.74 Å². The smallest absolute Gasteiger partial charge is 0.254 e. The molecule has 0 saturated carbocycles. The molecule has 0 aliphatic carbocycles. The fraction of sp³-hybridized carbons (Fsp3) is 0.381. The zero-order valence-corrected chi connectivity index (χ0v) is 15.2. The van der Waals surface area contributed by atoms with Crippen molar-refractivity contribution in [3.8, 4) is 5.75 Å². The van der Waals surface area contributed by atoms with E-state index in [2.05, 4.69) is 4.90 Å². The van der Waals surface area contributed by atoms with Gasteiger partial charge in [-0.3, -0.25) is 9.69 Å². The maximum atomic E-state index is 13.3. The Morgan fingerprint density at radius 3 is 2.73 bits per heavy atom. The van der Waals surface area contributed by atoms with Crippen molar-refractivity contribution in [2.75, 3.05) is 39.3 Å². The molecule has 4 nitrogen and oxygen atoms in total. The summed E-state index contributed by atoms with van der Waals surface area (Å²) in [4.78, 5) is 16.7. The summed E-state index contributed by atoms with van der Waals surface area (Å²) in [5.74, 6) is 0.422. The van der Waals surface area contributed by atoms with E-state index < -0.39 is 0 Å². The second-order valence-corrected chi connectivity index (χ2v) is 6.66. The van der Waals surface area contributed by atoms with Crippen LogP contribution in [0.3, 0.4) is 0 Å². The molecule has 0 radical (unpaired) electrons. The zero-order valence-electron chi connectivity index (χ0n) is 15.2. The van der Waals surface area contributed by atoms with Crippen molar-refractivity contribution < 1.29 is 13.9 Å². The van der Waals surface area contributed by atoms with Crippen LogP contribution >= 0.6 is 0 Å². The summed E-state index contributed by atoms with van der Waals surface area (Å²) in [5.41, 5.74) is 1.60. The van der Waals surface area contributed by atoms with Crippen LogP contribution in [0.15, 0.2) is 48.5 Å². The minimum atomic E-state index is -0.374. The first-order valence-corrected chi connectivity index (χ1v) is 9.08. The number of benzene rings is 2. The Labute approximate surface area is 154 Å². The van der Waals surface area contributed by atoms with E-state index in [-0.39, 0.29) is 11.7 Å². The van der Waals surface area contributed by atoms with Crippen LogP contribution in [0.4, 0.5) is 4.39 Å². The van der Waals surface area contributed by atoms with Gasteiger partial charge in [-0.15, -0.1) is 0 Å². The predicted octanol–water partition coefficient (Wildman–Crippen LogP) is 3.36. The normalized spacial score (nSPS) is 15.5. The van der Waals surface area contributed by atoms with Crippen LogP contribution in [0.2, 0.25) is 0 Å². The van der Waals surface area contributed by atoms with E-state index in [9.17, 15) is 9.18 Å². The third kappa shape index (κ3) is 5.05. The van der Waals surface area contributed by atoms with Crippen molar-refractivity contribution in [3.63, 3.8) is 0 Å². The number of carbonyl (C=O) groups is 1. The van der Waals surface area contributed by atoms with Crippen LogP contribution in [0.5, 0.6) is 5.75 Å². The van der Waals surface area contributed by atoms with Gasteiger partial charge in [0.25, 0.3) is 5.91 Å². The van der Waals surface area contributed by atoms with Gasteiger partial charge in [-0.25, -0.2) is 4.39 Å². The number of carbonyl (C=O) groups excluding carboxylic acids is 1. The Hall–Kier alpha value is -2.40. The van der Waals surface area contributed by atoms with E-state index in [1.54, 1.807) is 12.1 Å². The van der Waals surface area contributed by atoms with Crippen LogP contribution in [-0.4, -0.2) is 55.0 Å². The molecule has 1 fully saturated rings. The summed E-state index contributed by atoms with van der Waals surface area (Å²) in [6.45, 7) is 6.59. The number of amides is 1. The second kappa shape index (κ2) is 8.81. The molecule has 0 bridgehead atoms. The fourth-order valence-electron chi connectivity index (χ4n) is 3.20. The molecular formula is C21H25FN2O2. The first kappa shape index (κ1) is 18.4. The van der Waals surface area contributed by atoms with Gasteiger partial charge in [0.15, 0.2) is 0 Å². The molecule has 0 N–H and O–H groups in total. The highest BCUT2D eigenvalue weighted by atomic mass is 19.1. The number of aryl methyl sites for hydroxylation is 1. The van der Waals surface area contributed by atoms with Crippen molar-refractivity contribution in [2.45, 2.75) is 13.3 Å². The van der Waals surface area contributed by atoms with Gasteiger partial charge < -0.3 is 9.64 Å². The summed E-state index contributed by atoms with van der Waals surface area (Å²) in [7, 11) is 0. The van der Waals surface area contributed by atoms with Crippen molar-refractivity contribution in [1.82, 2.24) is 9.80 Å². The Bertz CT molecular complexity index is 750. The molecule has 3 rings (SSSR count). The quantitative estimate of drug-likeness (QED) is 0.824. The van der Waals surface area contributed by atoms with Gasteiger partial charge in [-0.05, 0) is 49.2 Å². The molecular weight excluding hydrogens is 331 g/mol. The third-order valence-electron chi connectivity index (χ3n) is 4.61. The molecule has 138 valence electrons. The van der Waals surface area contributed by atoms with Gasteiger partial charge in [-0.1, -0.05) is 18.2 Å². The summed E-state index contributed by atoms with van der Waals surface area (Å²) in [6.07, 6.45) is 0.908. The summed E-state index contributed by atoms with van der Waals surface area (Å²) >= 11 is 0. The summed E-state index contributed by atoms with van der Waals surface area (Å²) in [6, 6.07) is 13.9. The van der Waals surface area contributed by atoms with Crippen molar-refractivity contribution >= 4 is 5.91 Å². The average Bonchev–Trinajstić information content (AvgIpc) is 2.87. The number of hydrogen-bond donors (Lipinski definition) is 0. The number of nitrogens with zero attached hydrogens (tertiary/aromatic N) is 2. The summed E-state index contributed by atoms with van der Waals surface area (Å²) in [5, 5.41) is 0. The molecule has 2 aromatic rings. The molecule has 1 aliphatic rings. The van der Waals surface area contributed by atoms with Crippen molar-refractivity contribution in [2.24, 2.45) is 0 Å². The Balaban J connectivity index is 1.48. The lowest BCUT2D eigenvalue weighted by Gasteiger charge is -2.22.